The summed E-state index contributed by atoms with van der Waals surface area (Å²) >= 11 is 6.53. The van der Waals surface area contributed by atoms with Crippen molar-refractivity contribution in [3.63, 3.8) is 0 Å². The predicted molar refractivity (Wildman–Crippen MR) is 80.1 cm³/mol. The fourth-order valence-corrected chi connectivity index (χ4v) is 3.50. The zero-order chi connectivity index (χ0) is 14.1. The summed E-state index contributed by atoms with van der Waals surface area (Å²) in [5, 5.41) is 2.88. The minimum absolute atomic E-state index is 0.0311. The smallest absolute Gasteiger partial charge is 0.228 e. The number of hydrogen-bond donors (Lipinski definition) is 1. The number of rotatable bonds is 5. The molecule has 4 heteroatoms. The van der Waals surface area contributed by atoms with E-state index in [-0.39, 0.29) is 11.3 Å². The van der Waals surface area contributed by atoms with E-state index < -0.39 is 0 Å². The molecule has 1 unspecified atom stereocenters. The van der Waals surface area contributed by atoms with Crippen LogP contribution >= 0.6 is 11.6 Å². The molecule has 3 nitrogen and oxygen atoms in total. The van der Waals surface area contributed by atoms with Crippen molar-refractivity contribution in [2.24, 2.45) is 5.92 Å². The van der Waals surface area contributed by atoms with Gasteiger partial charge in [-0.25, -0.2) is 0 Å². The number of hydrogen-bond acceptors (Lipinski definition) is 2. The highest BCUT2D eigenvalue weighted by Gasteiger charge is 2.31. The van der Waals surface area contributed by atoms with Gasteiger partial charge in [0.1, 0.15) is 0 Å². The first-order valence-corrected chi connectivity index (χ1v) is 7.77. The van der Waals surface area contributed by atoms with Crippen LogP contribution in [0.4, 0.5) is 5.69 Å². The number of ether oxygens (including phenoxy) is 1. The topological polar surface area (TPSA) is 38.3 Å². The van der Waals surface area contributed by atoms with E-state index in [2.05, 4.69) is 11.4 Å². The number of anilines is 1. The highest BCUT2D eigenvalue weighted by molar-refractivity contribution is 6.20. The molecular formula is C16H20ClNO2. The van der Waals surface area contributed by atoms with E-state index in [1.807, 2.05) is 19.1 Å². The molecule has 0 radical (unpaired) electrons. The molecule has 1 aromatic carbocycles. The maximum absolute atomic E-state index is 11.4. The quantitative estimate of drug-likeness (QED) is 0.841. The second-order valence-electron chi connectivity index (χ2n) is 5.76. The van der Waals surface area contributed by atoms with Crippen LogP contribution in [0.15, 0.2) is 18.2 Å². The van der Waals surface area contributed by atoms with Crippen LogP contribution in [-0.4, -0.2) is 18.6 Å². The maximum Gasteiger partial charge on any atom is 0.228 e. The largest absolute Gasteiger partial charge is 0.378 e. The molecule has 1 aromatic rings. The second-order valence-corrected chi connectivity index (χ2v) is 6.29. The van der Waals surface area contributed by atoms with Crippen LogP contribution in [0, 0.1) is 5.92 Å². The third kappa shape index (κ3) is 2.84. The monoisotopic (exact) mass is 293 g/mol. The van der Waals surface area contributed by atoms with E-state index in [1.165, 1.54) is 0 Å². The Morgan fingerprint density at radius 3 is 3.00 bits per heavy atom. The van der Waals surface area contributed by atoms with Gasteiger partial charge in [-0.3, -0.25) is 4.79 Å². The molecule has 1 heterocycles. The molecule has 1 aliphatic heterocycles. The van der Waals surface area contributed by atoms with Crippen molar-refractivity contribution >= 4 is 23.2 Å². The molecule has 1 fully saturated rings. The highest BCUT2D eigenvalue weighted by atomic mass is 35.5. The van der Waals surface area contributed by atoms with Gasteiger partial charge in [0.2, 0.25) is 5.91 Å². The van der Waals surface area contributed by atoms with E-state index >= 15 is 0 Å². The lowest BCUT2D eigenvalue weighted by Gasteiger charge is -2.36. The maximum atomic E-state index is 11.4. The minimum atomic E-state index is 0.0311. The van der Waals surface area contributed by atoms with Gasteiger partial charge in [0.15, 0.2) is 0 Å². The summed E-state index contributed by atoms with van der Waals surface area (Å²) in [6, 6.07) is 6.07. The van der Waals surface area contributed by atoms with Crippen molar-refractivity contribution in [3.8, 4) is 0 Å². The molecule has 1 aliphatic carbocycles. The molecule has 1 saturated carbocycles. The SMILES string of the molecule is CCOC1CC(CC(Cl)c2ccc3c(c2)CC(=O)N3)C1. The molecule has 108 valence electrons. The zero-order valence-electron chi connectivity index (χ0n) is 11.7. The van der Waals surface area contributed by atoms with Gasteiger partial charge in [-0.05, 0) is 49.3 Å². The molecule has 1 N–H and O–H groups in total. The summed E-state index contributed by atoms with van der Waals surface area (Å²) in [7, 11) is 0. The van der Waals surface area contributed by atoms with Gasteiger partial charge in [0, 0.05) is 12.3 Å². The van der Waals surface area contributed by atoms with E-state index in [1.54, 1.807) is 0 Å². The first kappa shape index (κ1) is 13.9. The third-order valence-corrected chi connectivity index (χ3v) is 4.68. The molecule has 3 rings (SSSR count). The molecular weight excluding hydrogens is 274 g/mol. The van der Waals surface area contributed by atoms with E-state index in [0.29, 0.717) is 18.4 Å². The lowest BCUT2D eigenvalue weighted by atomic mass is 9.78. The van der Waals surface area contributed by atoms with Crippen molar-refractivity contribution in [2.75, 3.05) is 11.9 Å². The Hall–Kier alpha value is -1.06. The molecule has 1 amide bonds. The molecule has 0 aromatic heterocycles. The predicted octanol–water partition coefficient (Wildman–Crippen LogP) is 3.67. The number of carbonyl (C=O) groups excluding carboxylic acids is 1. The summed E-state index contributed by atoms with van der Waals surface area (Å²) in [6.07, 6.45) is 4.16. The van der Waals surface area contributed by atoms with Crippen LogP contribution in [0.25, 0.3) is 0 Å². The number of halogens is 1. The number of amides is 1. The van der Waals surface area contributed by atoms with E-state index in [4.69, 9.17) is 16.3 Å². The number of fused-ring (bicyclic) bond motifs is 1. The van der Waals surface area contributed by atoms with Crippen molar-refractivity contribution in [3.05, 3.63) is 29.3 Å². The average molecular weight is 294 g/mol. The van der Waals surface area contributed by atoms with Crippen molar-refractivity contribution in [1.29, 1.82) is 0 Å². The van der Waals surface area contributed by atoms with Gasteiger partial charge in [-0.1, -0.05) is 12.1 Å². The lowest BCUT2D eigenvalue weighted by Crippen LogP contribution is -2.31. The van der Waals surface area contributed by atoms with Crippen LogP contribution in [0.1, 0.15) is 42.7 Å². The number of carbonyl (C=O) groups is 1. The lowest BCUT2D eigenvalue weighted by molar-refractivity contribution is -0.115. The Bertz CT molecular complexity index is 511. The van der Waals surface area contributed by atoms with Crippen molar-refractivity contribution < 1.29 is 9.53 Å². The van der Waals surface area contributed by atoms with Crippen LogP contribution in [0.3, 0.4) is 0 Å². The Balaban J connectivity index is 1.57. The molecule has 20 heavy (non-hydrogen) atoms. The normalized spacial score (nSPS) is 25.8. The summed E-state index contributed by atoms with van der Waals surface area (Å²) in [4.78, 5) is 11.4. The van der Waals surface area contributed by atoms with E-state index in [9.17, 15) is 4.79 Å². The molecule has 1 atom stereocenters. The summed E-state index contributed by atoms with van der Waals surface area (Å²) < 4.78 is 5.58. The van der Waals surface area contributed by atoms with Crippen molar-refractivity contribution in [2.45, 2.75) is 44.1 Å². The van der Waals surface area contributed by atoms with Gasteiger partial charge >= 0.3 is 0 Å². The minimum Gasteiger partial charge on any atom is -0.378 e. The first-order valence-electron chi connectivity index (χ1n) is 7.34. The number of benzene rings is 1. The fraction of sp³-hybridized carbons (Fsp3) is 0.562. The average Bonchev–Trinajstić information content (AvgIpc) is 2.75. The second kappa shape index (κ2) is 5.74. The first-order chi connectivity index (χ1) is 9.65. The summed E-state index contributed by atoms with van der Waals surface area (Å²) in [5.74, 6) is 0.740. The van der Waals surface area contributed by atoms with Crippen molar-refractivity contribution in [1.82, 2.24) is 0 Å². The van der Waals surface area contributed by atoms with Crippen LogP contribution < -0.4 is 5.32 Å². The Labute approximate surface area is 124 Å². The zero-order valence-corrected chi connectivity index (χ0v) is 12.5. The van der Waals surface area contributed by atoms with Gasteiger partial charge < -0.3 is 10.1 Å². The van der Waals surface area contributed by atoms with Gasteiger partial charge in [-0.15, -0.1) is 11.6 Å². The summed E-state index contributed by atoms with van der Waals surface area (Å²) in [5.41, 5.74) is 3.13. The van der Waals surface area contributed by atoms with Crippen LogP contribution in [0.5, 0.6) is 0 Å². The Morgan fingerprint density at radius 1 is 1.45 bits per heavy atom. The highest BCUT2D eigenvalue weighted by Crippen LogP contribution is 2.40. The van der Waals surface area contributed by atoms with Crippen LogP contribution in [0.2, 0.25) is 0 Å². The molecule has 0 saturated heterocycles. The van der Waals surface area contributed by atoms with Crippen LogP contribution in [-0.2, 0) is 16.0 Å². The molecule has 0 spiro atoms. The van der Waals surface area contributed by atoms with Gasteiger partial charge in [0.05, 0.1) is 17.9 Å². The Kier molecular flexibility index (Phi) is 3.99. The molecule has 0 bridgehead atoms. The third-order valence-electron chi connectivity index (χ3n) is 4.25. The van der Waals surface area contributed by atoms with E-state index in [0.717, 1.165) is 42.7 Å². The fourth-order valence-electron chi connectivity index (χ4n) is 3.11. The number of nitrogens with one attached hydrogen (secondary N) is 1. The standard InChI is InChI=1S/C16H20ClNO2/c1-2-20-13-5-10(6-13)7-14(17)11-3-4-15-12(8-11)9-16(19)18-15/h3-4,8,10,13-14H,2,5-7,9H2,1H3,(H,18,19). The molecule has 2 aliphatic rings. The Morgan fingerprint density at radius 2 is 2.25 bits per heavy atom. The number of alkyl halides is 1. The van der Waals surface area contributed by atoms with Gasteiger partial charge in [-0.2, -0.15) is 0 Å². The summed E-state index contributed by atoms with van der Waals surface area (Å²) in [6.45, 7) is 2.84. The van der Waals surface area contributed by atoms with Gasteiger partial charge in [0.25, 0.3) is 0 Å².